The van der Waals surface area contributed by atoms with Crippen LogP contribution < -0.4 is 16.0 Å². The molecule has 5 nitrogen and oxygen atoms in total. The molecule has 0 heterocycles. The van der Waals surface area contributed by atoms with E-state index >= 15 is 0 Å². The summed E-state index contributed by atoms with van der Waals surface area (Å²) in [5.74, 6) is 0.0761. The summed E-state index contributed by atoms with van der Waals surface area (Å²) in [7, 11) is 0. The van der Waals surface area contributed by atoms with Crippen LogP contribution in [0.4, 0.5) is 0 Å². The highest BCUT2D eigenvalue weighted by molar-refractivity contribution is 5.70. The fourth-order valence-electron chi connectivity index (χ4n) is 5.56. The Morgan fingerprint density at radius 2 is 0.844 bits per heavy atom. The first-order valence-corrected chi connectivity index (χ1v) is 15.3. The summed E-state index contributed by atoms with van der Waals surface area (Å²) in [4.78, 5) is 0. The third-order valence-electron chi connectivity index (χ3n) is 9.12. The minimum absolute atomic E-state index is 0.0237. The van der Waals surface area contributed by atoms with Crippen LogP contribution in [-0.4, -0.2) is 10.2 Å². The zero-order valence-corrected chi connectivity index (χ0v) is 27.8. The van der Waals surface area contributed by atoms with Gasteiger partial charge in [-0.2, -0.15) is 0 Å². The Balaban J connectivity index is 1.55. The van der Waals surface area contributed by atoms with Gasteiger partial charge in [-0.05, 0) is 111 Å². The molecule has 0 saturated heterocycles. The minimum Gasteiger partial charge on any atom is -0.508 e. The quantitative estimate of drug-likeness (QED) is 0.113. The maximum absolute atomic E-state index is 10.6. The first kappa shape index (κ1) is 33.0. The number of nitrogens with one attached hydrogen (secondary N) is 3. The first-order chi connectivity index (χ1) is 21.3. The van der Waals surface area contributed by atoms with Crippen molar-refractivity contribution in [2.24, 2.45) is 0 Å². The summed E-state index contributed by atoms with van der Waals surface area (Å²) in [5.41, 5.74) is 16.5. The summed E-state index contributed by atoms with van der Waals surface area (Å²) in [5, 5.41) is 31.0. The molecule has 0 aliphatic rings. The molecule has 5 N–H and O–H groups in total. The number of benzene rings is 4. The van der Waals surface area contributed by atoms with Crippen LogP contribution >= 0.6 is 0 Å². The van der Waals surface area contributed by atoms with E-state index in [-0.39, 0.29) is 11.5 Å². The molecule has 0 radical (unpaired) electrons. The zero-order valence-electron chi connectivity index (χ0n) is 27.8. The van der Waals surface area contributed by atoms with E-state index in [1.807, 2.05) is 0 Å². The zero-order chi connectivity index (χ0) is 33.0. The minimum atomic E-state index is 0.0237. The van der Waals surface area contributed by atoms with E-state index in [2.05, 4.69) is 120 Å². The van der Waals surface area contributed by atoms with Crippen molar-refractivity contribution in [3.05, 3.63) is 147 Å². The Kier molecular flexibility index (Phi) is 10.1. The highest BCUT2D eigenvalue weighted by atomic mass is 16.3. The van der Waals surface area contributed by atoms with Crippen molar-refractivity contribution in [2.75, 3.05) is 0 Å². The van der Waals surface area contributed by atoms with Crippen LogP contribution in [0.25, 0.3) is 17.1 Å². The molecule has 0 saturated carbocycles. The lowest BCUT2D eigenvalue weighted by Crippen LogP contribution is -2.16. The number of rotatable bonds is 12. The molecule has 0 aliphatic heterocycles. The highest BCUT2D eigenvalue weighted by Crippen LogP contribution is 2.32. The molecule has 0 aliphatic carbocycles. The fourth-order valence-corrected chi connectivity index (χ4v) is 5.56. The van der Waals surface area contributed by atoms with Crippen molar-refractivity contribution >= 4 is 17.1 Å². The van der Waals surface area contributed by atoms with Gasteiger partial charge in [-0.15, -0.1) is 0 Å². The van der Waals surface area contributed by atoms with Crippen LogP contribution in [-0.2, 0) is 19.6 Å². The maximum atomic E-state index is 10.6. The van der Waals surface area contributed by atoms with Crippen LogP contribution in [0, 0.1) is 48.5 Å². The van der Waals surface area contributed by atoms with Gasteiger partial charge in [0, 0.05) is 59.0 Å². The lowest BCUT2D eigenvalue weighted by atomic mass is 9.97. The van der Waals surface area contributed by atoms with Crippen molar-refractivity contribution in [3.8, 4) is 11.5 Å². The largest absolute Gasteiger partial charge is 0.508 e. The Hall–Kier alpha value is -4.90. The van der Waals surface area contributed by atoms with Gasteiger partial charge in [0.15, 0.2) is 0 Å². The van der Waals surface area contributed by atoms with E-state index in [4.69, 9.17) is 0 Å². The smallest absolute Gasteiger partial charge is 0.131 e. The van der Waals surface area contributed by atoms with Gasteiger partial charge >= 0.3 is 0 Å². The van der Waals surface area contributed by atoms with E-state index in [1.54, 1.807) is 19.1 Å². The van der Waals surface area contributed by atoms with Gasteiger partial charge in [-0.1, -0.05) is 62.2 Å². The monoisotopic (exact) mass is 601 g/mol. The molecule has 5 heteroatoms. The molecule has 0 amide bonds. The van der Waals surface area contributed by atoms with Crippen LogP contribution in [0.15, 0.2) is 74.3 Å². The summed E-state index contributed by atoms with van der Waals surface area (Å²) < 4.78 is 0. The van der Waals surface area contributed by atoms with Crippen molar-refractivity contribution < 1.29 is 10.2 Å². The van der Waals surface area contributed by atoms with Gasteiger partial charge < -0.3 is 26.2 Å². The van der Waals surface area contributed by atoms with Gasteiger partial charge in [0.1, 0.15) is 11.5 Å². The van der Waals surface area contributed by atoms with Crippen molar-refractivity contribution in [2.45, 2.75) is 68.1 Å². The predicted molar refractivity (Wildman–Crippen MR) is 190 cm³/mol. The second-order valence-electron chi connectivity index (χ2n) is 12.1. The van der Waals surface area contributed by atoms with Crippen molar-refractivity contribution in [1.82, 2.24) is 16.0 Å². The van der Waals surface area contributed by atoms with E-state index in [0.29, 0.717) is 36.5 Å². The third-order valence-corrected chi connectivity index (χ3v) is 9.12. The highest BCUT2D eigenvalue weighted by Gasteiger charge is 2.13. The molecule has 4 aromatic carbocycles. The van der Waals surface area contributed by atoms with E-state index in [9.17, 15) is 10.2 Å². The molecule has 0 spiro atoms. The van der Waals surface area contributed by atoms with Crippen molar-refractivity contribution in [3.63, 3.8) is 0 Å². The average molecular weight is 602 g/mol. The Labute approximate surface area is 269 Å². The summed E-state index contributed by atoms with van der Waals surface area (Å²) >= 11 is 0. The van der Waals surface area contributed by atoms with Crippen LogP contribution in [0.5, 0.6) is 11.5 Å². The molecule has 234 valence electrons. The molecule has 0 aromatic heterocycles. The average Bonchev–Trinajstić information content (AvgIpc) is 3.01. The third kappa shape index (κ3) is 7.43. The summed E-state index contributed by atoms with van der Waals surface area (Å²) in [6.45, 7) is 29.1. The normalized spacial score (nSPS) is 10.8. The van der Waals surface area contributed by atoms with Gasteiger partial charge in [-0.25, -0.2) is 0 Å². The summed E-state index contributed by atoms with van der Waals surface area (Å²) in [6, 6.07) is 18.3. The molecule has 0 fully saturated rings. The second-order valence-corrected chi connectivity index (χ2v) is 12.1. The van der Waals surface area contributed by atoms with Gasteiger partial charge in [-0.3, -0.25) is 0 Å². The molecule has 4 aromatic rings. The van der Waals surface area contributed by atoms with E-state index in [1.165, 1.54) is 33.4 Å². The fraction of sp³-hybridized carbons (Fsp3) is 0.250. The lowest BCUT2D eigenvalue weighted by Gasteiger charge is -2.18. The number of hydrogen-bond acceptors (Lipinski definition) is 5. The molecule has 45 heavy (non-hydrogen) atoms. The maximum Gasteiger partial charge on any atom is 0.131 e. The van der Waals surface area contributed by atoms with E-state index < -0.39 is 0 Å². The standard InChI is InChI=1S/C40H47N3O2/c1-23-11-13-36(27(5)25(23)3)30(8)41-20-33-17-34(21-42-31(9)37-14-12-24(2)26(4)28(37)6)19-35(18-33)22-43-32(10)38-15-16-39(44)29(7)40(38)45/h11-19,41-45H,8-10,20-22H2,1-7H3. The first-order valence-electron chi connectivity index (χ1n) is 15.3. The number of phenols is 2. The number of aromatic hydroxyl groups is 2. The molecular formula is C40H47N3O2. The second kappa shape index (κ2) is 13.8. The predicted octanol–water partition coefficient (Wildman–Crippen LogP) is 8.54. The van der Waals surface area contributed by atoms with Gasteiger partial charge in [0.25, 0.3) is 0 Å². The Morgan fingerprint density at radius 1 is 0.489 bits per heavy atom. The molecular weight excluding hydrogens is 554 g/mol. The van der Waals surface area contributed by atoms with Crippen LogP contribution in [0.2, 0.25) is 0 Å². The van der Waals surface area contributed by atoms with E-state index in [0.717, 1.165) is 39.2 Å². The van der Waals surface area contributed by atoms with Gasteiger partial charge in [0.05, 0.1) is 0 Å². The molecule has 4 rings (SSSR count). The van der Waals surface area contributed by atoms with Gasteiger partial charge in [0.2, 0.25) is 0 Å². The molecule has 0 unspecified atom stereocenters. The Bertz CT molecular complexity index is 1580. The molecule has 0 atom stereocenters. The Morgan fingerprint density at radius 3 is 1.24 bits per heavy atom. The number of phenolic OH excluding ortho intramolecular Hbond substituents is 2. The van der Waals surface area contributed by atoms with Crippen LogP contribution in [0.1, 0.15) is 72.3 Å². The van der Waals surface area contributed by atoms with Crippen molar-refractivity contribution in [1.29, 1.82) is 0 Å². The van der Waals surface area contributed by atoms with Crippen LogP contribution in [0.3, 0.4) is 0 Å². The lowest BCUT2D eigenvalue weighted by molar-refractivity contribution is 0.442. The summed E-state index contributed by atoms with van der Waals surface area (Å²) in [6.07, 6.45) is 0. The SMILES string of the molecule is C=C(NCc1cc(CNC(=C)c2ccc(C)c(C)c2C)cc(CNC(=C)c2ccc(O)c(C)c2O)c1)c1ccc(C)c(C)c1C. The topological polar surface area (TPSA) is 76.5 Å². The number of aryl methyl sites for hydroxylation is 2. The molecule has 0 bridgehead atoms. The number of hydrogen-bond donors (Lipinski definition) is 5.